The summed E-state index contributed by atoms with van der Waals surface area (Å²) in [7, 11) is 0. The zero-order valence-corrected chi connectivity index (χ0v) is 14.0. The molecule has 4 rings (SSSR count). The molecule has 2 aromatic heterocycles. The Hall–Kier alpha value is -2.18. The van der Waals surface area contributed by atoms with E-state index in [1.807, 2.05) is 11.6 Å². The van der Waals surface area contributed by atoms with Crippen LogP contribution in [0.5, 0.6) is 5.75 Å². The molecule has 1 unspecified atom stereocenters. The van der Waals surface area contributed by atoms with Gasteiger partial charge in [-0.2, -0.15) is 5.10 Å². The van der Waals surface area contributed by atoms with Gasteiger partial charge in [-0.1, -0.05) is 11.6 Å². The van der Waals surface area contributed by atoms with Crippen molar-refractivity contribution in [1.29, 1.82) is 0 Å². The van der Waals surface area contributed by atoms with Gasteiger partial charge in [0.2, 0.25) is 0 Å². The zero-order valence-electron chi connectivity index (χ0n) is 13.2. The van der Waals surface area contributed by atoms with E-state index in [9.17, 15) is 5.11 Å². The first-order valence-electron chi connectivity index (χ1n) is 7.95. The molecule has 0 saturated carbocycles. The highest BCUT2D eigenvalue weighted by molar-refractivity contribution is 6.36. The topological polar surface area (TPSA) is 73.1 Å². The molecule has 1 atom stereocenters. The number of nitrogens with zero attached hydrogens (tertiary/aromatic N) is 4. The number of ether oxygens (including phenoxy) is 1. The molecular weight excluding hydrogens is 328 g/mol. The highest BCUT2D eigenvalue weighted by Crippen LogP contribution is 2.32. The summed E-state index contributed by atoms with van der Waals surface area (Å²) in [5.74, 6) is -0.00126. The van der Waals surface area contributed by atoms with Gasteiger partial charge in [-0.3, -0.25) is 4.98 Å². The van der Waals surface area contributed by atoms with Crippen LogP contribution in [-0.4, -0.2) is 31.5 Å². The molecule has 1 fully saturated rings. The van der Waals surface area contributed by atoms with Crippen molar-refractivity contribution in [3.63, 3.8) is 0 Å². The van der Waals surface area contributed by atoms with Gasteiger partial charge in [0.25, 0.3) is 0 Å². The molecule has 7 heteroatoms. The average Bonchev–Trinajstić information content (AvgIpc) is 3.00. The summed E-state index contributed by atoms with van der Waals surface area (Å²) >= 11 is 6.16. The fourth-order valence-electron chi connectivity index (χ4n) is 3.05. The Bertz CT molecular complexity index is 903. The molecule has 3 heterocycles. The normalized spacial score (nSPS) is 18.2. The fraction of sp³-hybridized carbons (Fsp3) is 0.353. The van der Waals surface area contributed by atoms with E-state index in [0.29, 0.717) is 16.7 Å². The molecule has 1 N–H and O–H groups in total. The van der Waals surface area contributed by atoms with Crippen LogP contribution in [0.1, 0.15) is 31.2 Å². The van der Waals surface area contributed by atoms with E-state index in [2.05, 4.69) is 15.1 Å². The number of phenols is 1. The number of aromatic hydroxyl groups is 1. The zero-order chi connectivity index (χ0) is 16.7. The molecule has 1 aliphatic heterocycles. The SMILES string of the molecule is Cc1c(-c2cnc3ccc(O)c(Cl)c3n2)cnn1C1CCCCO1. The van der Waals surface area contributed by atoms with Gasteiger partial charge < -0.3 is 9.84 Å². The molecule has 1 aliphatic rings. The number of halogens is 1. The predicted molar refractivity (Wildman–Crippen MR) is 91.0 cm³/mol. The highest BCUT2D eigenvalue weighted by Gasteiger charge is 2.21. The van der Waals surface area contributed by atoms with Crippen LogP contribution in [-0.2, 0) is 4.74 Å². The van der Waals surface area contributed by atoms with Crippen LogP contribution in [0.2, 0.25) is 5.02 Å². The molecule has 0 spiro atoms. The Morgan fingerprint density at radius 2 is 2.17 bits per heavy atom. The van der Waals surface area contributed by atoms with Crippen molar-refractivity contribution in [2.45, 2.75) is 32.4 Å². The molecule has 1 saturated heterocycles. The number of benzene rings is 1. The van der Waals surface area contributed by atoms with Crippen molar-refractivity contribution in [3.8, 4) is 17.0 Å². The summed E-state index contributed by atoms with van der Waals surface area (Å²) < 4.78 is 7.72. The monoisotopic (exact) mass is 344 g/mol. The van der Waals surface area contributed by atoms with Gasteiger partial charge in [0, 0.05) is 17.9 Å². The van der Waals surface area contributed by atoms with E-state index >= 15 is 0 Å². The second kappa shape index (κ2) is 6.03. The summed E-state index contributed by atoms with van der Waals surface area (Å²) in [6, 6.07) is 3.21. The molecule has 24 heavy (non-hydrogen) atoms. The standard InChI is InChI=1S/C17H17ClN4O2/c1-10-11(8-20-22(10)15-4-2-3-7-24-15)13-9-19-12-5-6-14(23)16(18)17(12)21-13/h5-6,8-9,15,23H,2-4,7H2,1H3. The van der Waals surface area contributed by atoms with Crippen LogP contribution in [0.15, 0.2) is 24.5 Å². The van der Waals surface area contributed by atoms with Gasteiger partial charge in [-0.15, -0.1) is 0 Å². The van der Waals surface area contributed by atoms with Gasteiger partial charge in [-0.05, 0) is 38.3 Å². The lowest BCUT2D eigenvalue weighted by Gasteiger charge is -2.24. The van der Waals surface area contributed by atoms with Crippen molar-refractivity contribution in [2.75, 3.05) is 6.61 Å². The van der Waals surface area contributed by atoms with Gasteiger partial charge in [0.15, 0.2) is 0 Å². The third-order valence-corrected chi connectivity index (χ3v) is 4.75. The minimum absolute atomic E-state index is 0.00126. The first-order valence-corrected chi connectivity index (χ1v) is 8.33. The molecular formula is C17H17ClN4O2. The molecule has 0 bridgehead atoms. The summed E-state index contributed by atoms with van der Waals surface area (Å²) in [6.45, 7) is 2.76. The maximum atomic E-state index is 9.77. The quantitative estimate of drug-likeness (QED) is 0.764. The minimum Gasteiger partial charge on any atom is -0.506 e. The molecule has 0 amide bonds. The van der Waals surface area contributed by atoms with Crippen LogP contribution in [0, 0.1) is 6.92 Å². The smallest absolute Gasteiger partial charge is 0.150 e. The number of aromatic nitrogens is 4. The Balaban J connectivity index is 1.77. The minimum atomic E-state index is -0.0199. The van der Waals surface area contributed by atoms with Crippen molar-refractivity contribution in [1.82, 2.24) is 19.7 Å². The van der Waals surface area contributed by atoms with E-state index in [-0.39, 0.29) is 17.0 Å². The summed E-state index contributed by atoms with van der Waals surface area (Å²) in [6.07, 6.45) is 6.66. The van der Waals surface area contributed by atoms with Crippen molar-refractivity contribution in [3.05, 3.63) is 35.2 Å². The lowest BCUT2D eigenvalue weighted by atomic mass is 10.1. The molecule has 0 radical (unpaired) electrons. The first-order chi connectivity index (χ1) is 11.6. The Morgan fingerprint density at radius 3 is 2.96 bits per heavy atom. The number of rotatable bonds is 2. The molecule has 0 aliphatic carbocycles. The van der Waals surface area contributed by atoms with Crippen LogP contribution < -0.4 is 0 Å². The fourth-order valence-corrected chi connectivity index (χ4v) is 3.25. The summed E-state index contributed by atoms with van der Waals surface area (Å²) in [4.78, 5) is 8.97. The van der Waals surface area contributed by atoms with Crippen LogP contribution >= 0.6 is 11.6 Å². The summed E-state index contributed by atoms with van der Waals surface area (Å²) in [5.41, 5.74) is 3.66. The maximum Gasteiger partial charge on any atom is 0.150 e. The van der Waals surface area contributed by atoms with Crippen LogP contribution in [0.4, 0.5) is 0 Å². The Kier molecular flexibility index (Phi) is 3.86. The lowest BCUT2D eigenvalue weighted by Crippen LogP contribution is -2.20. The van der Waals surface area contributed by atoms with E-state index in [0.717, 1.165) is 37.1 Å². The van der Waals surface area contributed by atoms with Crippen molar-refractivity contribution in [2.24, 2.45) is 0 Å². The van der Waals surface area contributed by atoms with E-state index in [1.54, 1.807) is 18.5 Å². The number of phenolic OH excluding ortho intramolecular Hbond substituents is 1. The molecule has 6 nitrogen and oxygen atoms in total. The van der Waals surface area contributed by atoms with Gasteiger partial charge in [0.1, 0.15) is 22.5 Å². The molecule has 124 valence electrons. The van der Waals surface area contributed by atoms with E-state index in [4.69, 9.17) is 16.3 Å². The summed E-state index contributed by atoms with van der Waals surface area (Å²) in [5, 5.41) is 14.5. The van der Waals surface area contributed by atoms with Gasteiger partial charge >= 0.3 is 0 Å². The van der Waals surface area contributed by atoms with E-state index < -0.39 is 0 Å². The maximum absolute atomic E-state index is 9.77. The lowest BCUT2D eigenvalue weighted by molar-refractivity contribution is -0.0406. The van der Waals surface area contributed by atoms with E-state index in [1.165, 1.54) is 6.07 Å². The number of hydrogen-bond acceptors (Lipinski definition) is 5. The largest absolute Gasteiger partial charge is 0.506 e. The third-order valence-electron chi connectivity index (χ3n) is 4.38. The molecule has 1 aromatic carbocycles. The van der Waals surface area contributed by atoms with Crippen molar-refractivity contribution >= 4 is 22.6 Å². The second-order valence-electron chi connectivity index (χ2n) is 5.93. The molecule has 3 aromatic rings. The Morgan fingerprint density at radius 1 is 1.29 bits per heavy atom. The van der Waals surface area contributed by atoms with Gasteiger partial charge in [-0.25, -0.2) is 9.67 Å². The van der Waals surface area contributed by atoms with Crippen LogP contribution in [0.25, 0.3) is 22.3 Å². The Labute approximate surface area is 144 Å². The predicted octanol–water partition coefficient (Wildman–Crippen LogP) is 3.86. The second-order valence-corrected chi connectivity index (χ2v) is 6.31. The number of hydrogen-bond donors (Lipinski definition) is 1. The highest BCUT2D eigenvalue weighted by atomic mass is 35.5. The van der Waals surface area contributed by atoms with Gasteiger partial charge in [0.05, 0.1) is 23.6 Å². The average molecular weight is 345 g/mol. The number of fused-ring (bicyclic) bond motifs is 1. The third kappa shape index (κ3) is 2.52. The van der Waals surface area contributed by atoms with Crippen molar-refractivity contribution < 1.29 is 9.84 Å². The van der Waals surface area contributed by atoms with Crippen LogP contribution in [0.3, 0.4) is 0 Å². The first kappa shape index (κ1) is 15.4.